The van der Waals surface area contributed by atoms with Crippen molar-refractivity contribution in [2.24, 2.45) is 5.73 Å². The van der Waals surface area contributed by atoms with Crippen LogP contribution in [0.3, 0.4) is 0 Å². The Balaban J connectivity index is 1.67. The molecule has 20 heavy (non-hydrogen) atoms. The highest BCUT2D eigenvalue weighted by Gasteiger charge is 2.13. The van der Waals surface area contributed by atoms with Gasteiger partial charge in [-0.2, -0.15) is 0 Å². The lowest BCUT2D eigenvalue weighted by Crippen LogP contribution is -2.17. The molecule has 0 radical (unpaired) electrons. The molecule has 2 heterocycles. The van der Waals surface area contributed by atoms with Crippen molar-refractivity contribution in [3.63, 3.8) is 0 Å². The maximum atomic E-state index is 5.68. The van der Waals surface area contributed by atoms with Crippen LogP contribution in [0.4, 0.5) is 17.4 Å². The summed E-state index contributed by atoms with van der Waals surface area (Å²) in [5, 5.41) is 10.9. The van der Waals surface area contributed by atoms with E-state index in [9.17, 15) is 0 Å². The SMILES string of the molecule is CC(N)c1nnc(Nc2ccc(N3CCCC3)cc2)o1. The average molecular weight is 273 g/mol. The molecule has 3 rings (SSSR count). The van der Waals surface area contributed by atoms with Gasteiger partial charge in [0.2, 0.25) is 5.89 Å². The molecule has 6 heteroatoms. The summed E-state index contributed by atoms with van der Waals surface area (Å²) in [7, 11) is 0. The lowest BCUT2D eigenvalue weighted by molar-refractivity contribution is 0.475. The first-order valence-corrected chi connectivity index (χ1v) is 6.93. The Bertz CT molecular complexity index is 557. The molecule has 0 amide bonds. The second-order valence-corrected chi connectivity index (χ2v) is 5.10. The third-order valence-corrected chi connectivity index (χ3v) is 3.42. The largest absolute Gasteiger partial charge is 0.406 e. The zero-order valence-electron chi connectivity index (χ0n) is 11.5. The number of rotatable bonds is 4. The zero-order chi connectivity index (χ0) is 13.9. The number of aromatic nitrogens is 2. The first kappa shape index (κ1) is 12.9. The molecule has 1 aliphatic heterocycles. The lowest BCUT2D eigenvalue weighted by Gasteiger charge is -2.17. The van der Waals surface area contributed by atoms with Crippen molar-refractivity contribution in [3.8, 4) is 0 Å². The summed E-state index contributed by atoms with van der Waals surface area (Å²) in [4.78, 5) is 2.39. The van der Waals surface area contributed by atoms with Crippen molar-refractivity contribution in [1.29, 1.82) is 0 Å². The molecule has 1 saturated heterocycles. The molecule has 1 aromatic heterocycles. The van der Waals surface area contributed by atoms with Gasteiger partial charge in [-0.25, -0.2) is 0 Å². The fourth-order valence-electron chi connectivity index (χ4n) is 2.32. The maximum Gasteiger partial charge on any atom is 0.320 e. The second kappa shape index (κ2) is 5.50. The van der Waals surface area contributed by atoms with Gasteiger partial charge >= 0.3 is 6.01 Å². The Morgan fingerprint density at radius 2 is 1.90 bits per heavy atom. The predicted octanol–water partition coefficient (Wildman–Crippen LogP) is 2.43. The standard InChI is InChI=1S/C14H19N5O/c1-10(15)13-17-18-14(20-13)16-11-4-6-12(7-5-11)19-8-2-3-9-19/h4-7,10H,2-3,8-9,15H2,1H3,(H,16,18). The van der Waals surface area contributed by atoms with E-state index in [2.05, 4.69) is 32.5 Å². The second-order valence-electron chi connectivity index (χ2n) is 5.10. The van der Waals surface area contributed by atoms with Crippen molar-refractivity contribution in [1.82, 2.24) is 10.2 Å². The van der Waals surface area contributed by atoms with E-state index >= 15 is 0 Å². The van der Waals surface area contributed by atoms with E-state index in [1.165, 1.54) is 18.5 Å². The van der Waals surface area contributed by atoms with Gasteiger partial charge in [-0.05, 0) is 44.0 Å². The Labute approximate surface area is 118 Å². The summed E-state index contributed by atoms with van der Waals surface area (Å²) in [5.41, 5.74) is 7.86. The van der Waals surface area contributed by atoms with Gasteiger partial charge in [0, 0.05) is 24.5 Å². The number of nitrogens with one attached hydrogen (secondary N) is 1. The molecule has 1 fully saturated rings. The number of hydrogen-bond donors (Lipinski definition) is 2. The minimum absolute atomic E-state index is 0.254. The zero-order valence-corrected chi connectivity index (χ0v) is 11.5. The molecule has 0 saturated carbocycles. The van der Waals surface area contributed by atoms with E-state index in [-0.39, 0.29) is 6.04 Å². The number of hydrogen-bond acceptors (Lipinski definition) is 6. The van der Waals surface area contributed by atoms with Crippen LogP contribution in [0.25, 0.3) is 0 Å². The topological polar surface area (TPSA) is 80.2 Å². The fourth-order valence-corrected chi connectivity index (χ4v) is 2.32. The van der Waals surface area contributed by atoms with Crippen molar-refractivity contribution in [3.05, 3.63) is 30.2 Å². The summed E-state index contributed by atoms with van der Waals surface area (Å²) in [6.45, 7) is 4.10. The Hall–Kier alpha value is -2.08. The summed E-state index contributed by atoms with van der Waals surface area (Å²) in [6.07, 6.45) is 2.56. The van der Waals surface area contributed by atoms with Crippen LogP contribution in [0.2, 0.25) is 0 Å². The Kier molecular flexibility index (Phi) is 3.56. The number of anilines is 3. The Morgan fingerprint density at radius 3 is 2.50 bits per heavy atom. The van der Waals surface area contributed by atoms with Gasteiger partial charge in [0.05, 0.1) is 6.04 Å². The van der Waals surface area contributed by atoms with E-state index in [0.29, 0.717) is 11.9 Å². The van der Waals surface area contributed by atoms with E-state index in [0.717, 1.165) is 18.8 Å². The molecule has 1 atom stereocenters. The van der Waals surface area contributed by atoms with Gasteiger partial charge < -0.3 is 20.4 Å². The first-order valence-electron chi connectivity index (χ1n) is 6.93. The third kappa shape index (κ3) is 2.75. The first-order chi connectivity index (χ1) is 9.72. The summed E-state index contributed by atoms with van der Waals surface area (Å²) >= 11 is 0. The number of benzene rings is 1. The monoisotopic (exact) mass is 273 g/mol. The highest BCUT2D eigenvalue weighted by Crippen LogP contribution is 2.23. The quantitative estimate of drug-likeness (QED) is 0.890. The molecule has 1 aromatic carbocycles. The van der Waals surface area contributed by atoms with Crippen molar-refractivity contribution < 1.29 is 4.42 Å². The maximum absolute atomic E-state index is 5.68. The minimum atomic E-state index is -0.254. The van der Waals surface area contributed by atoms with Crippen LogP contribution in [0.1, 0.15) is 31.7 Å². The van der Waals surface area contributed by atoms with Crippen LogP contribution in [0.15, 0.2) is 28.7 Å². The molecule has 6 nitrogen and oxygen atoms in total. The van der Waals surface area contributed by atoms with E-state index in [1.807, 2.05) is 19.1 Å². The van der Waals surface area contributed by atoms with Gasteiger partial charge in [0.25, 0.3) is 0 Å². The average Bonchev–Trinajstić information content (AvgIpc) is 3.10. The smallest absolute Gasteiger partial charge is 0.320 e. The van der Waals surface area contributed by atoms with Crippen molar-refractivity contribution >= 4 is 17.4 Å². The number of nitrogens with zero attached hydrogens (tertiary/aromatic N) is 3. The van der Waals surface area contributed by atoms with Crippen LogP contribution in [-0.2, 0) is 0 Å². The molecule has 1 unspecified atom stereocenters. The lowest BCUT2D eigenvalue weighted by atomic mass is 10.2. The summed E-state index contributed by atoms with van der Waals surface area (Å²) in [6, 6.07) is 8.36. The van der Waals surface area contributed by atoms with E-state index in [1.54, 1.807) is 0 Å². The molecule has 0 bridgehead atoms. The van der Waals surface area contributed by atoms with Crippen LogP contribution < -0.4 is 16.0 Å². The molecular weight excluding hydrogens is 254 g/mol. The highest BCUT2D eigenvalue weighted by atomic mass is 16.4. The molecule has 3 N–H and O–H groups in total. The van der Waals surface area contributed by atoms with Crippen LogP contribution in [0.5, 0.6) is 0 Å². The molecule has 2 aromatic rings. The summed E-state index contributed by atoms with van der Waals surface area (Å²) in [5.74, 6) is 0.432. The van der Waals surface area contributed by atoms with Gasteiger partial charge in [-0.15, -0.1) is 5.10 Å². The normalized spacial score (nSPS) is 16.4. The van der Waals surface area contributed by atoms with Crippen LogP contribution in [-0.4, -0.2) is 23.3 Å². The Morgan fingerprint density at radius 1 is 1.20 bits per heavy atom. The summed E-state index contributed by atoms with van der Waals surface area (Å²) < 4.78 is 5.41. The molecule has 106 valence electrons. The van der Waals surface area contributed by atoms with Gasteiger partial charge in [-0.3, -0.25) is 0 Å². The predicted molar refractivity (Wildman–Crippen MR) is 78.1 cm³/mol. The third-order valence-electron chi connectivity index (χ3n) is 3.42. The number of nitrogens with two attached hydrogens (primary N) is 1. The molecule has 0 spiro atoms. The van der Waals surface area contributed by atoms with Gasteiger partial charge in [-0.1, -0.05) is 5.10 Å². The van der Waals surface area contributed by atoms with Crippen LogP contribution >= 0.6 is 0 Å². The van der Waals surface area contributed by atoms with Gasteiger partial charge in [0.1, 0.15) is 0 Å². The van der Waals surface area contributed by atoms with E-state index in [4.69, 9.17) is 10.2 Å². The van der Waals surface area contributed by atoms with Crippen LogP contribution in [0, 0.1) is 0 Å². The molecule has 1 aliphatic rings. The van der Waals surface area contributed by atoms with Gasteiger partial charge in [0.15, 0.2) is 0 Å². The highest BCUT2D eigenvalue weighted by molar-refractivity contribution is 5.58. The molecule has 0 aliphatic carbocycles. The molecular formula is C14H19N5O. The van der Waals surface area contributed by atoms with Crippen molar-refractivity contribution in [2.75, 3.05) is 23.3 Å². The van der Waals surface area contributed by atoms with Crippen molar-refractivity contribution in [2.45, 2.75) is 25.8 Å². The minimum Gasteiger partial charge on any atom is -0.406 e. The van der Waals surface area contributed by atoms with E-state index < -0.39 is 0 Å². The fraction of sp³-hybridized carbons (Fsp3) is 0.429.